The van der Waals surface area contributed by atoms with Crippen molar-refractivity contribution in [1.82, 2.24) is 9.80 Å². The summed E-state index contributed by atoms with van der Waals surface area (Å²) in [7, 11) is 1.99. The van der Waals surface area contributed by atoms with E-state index < -0.39 is 12.1 Å². The van der Waals surface area contributed by atoms with E-state index in [4.69, 9.17) is 37.4 Å². The Kier molecular flexibility index (Phi) is 9.51. The highest BCUT2D eigenvalue weighted by molar-refractivity contribution is 6.42. The number of ether oxygens (including phenoxy) is 3. The molecule has 0 unspecified atom stereocenters. The summed E-state index contributed by atoms with van der Waals surface area (Å²) in [6.45, 7) is 5.35. The summed E-state index contributed by atoms with van der Waals surface area (Å²) in [6.07, 6.45) is -0.277. The number of fused-ring (bicyclic) bond motifs is 2. The Labute approximate surface area is 260 Å². The SMILES string of the molecule is C[C@@H]1CN([C@H](C)CO)C(=O)c2cc(NC(=O)Nc3ccc4c(c3)OCO4)ccc2O[C@H]1CN(C)Cc1ccc(Cl)c(Cl)c1. The number of likely N-dealkylation sites (N-methyl/N-ethyl adjacent to an activating group) is 1. The van der Waals surface area contributed by atoms with E-state index in [1.54, 1.807) is 54.3 Å². The zero-order chi connectivity index (χ0) is 30.7. The number of amides is 3. The number of carbonyl (C=O) groups is 2. The van der Waals surface area contributed by atoms with E-state index in [1.165, 1.54) is 0 Å². The maximum absolute atomic E-state index is 13.7. The summed E-state index contributed by atoms with van der Waals surface area (Å²) in [5, 5.41) is 16.5. The second-order valence-electron chi connectivity index (χ2n) is 10.9. The van der Waals surface area contributed by atoms with E-state index in [2.05, 4.69) is 15.5 Å². The number of aliphatic hydroxyl groups excluding tert-OH is 1. The molecule has 2 heterocycles. The quantitative estimate of drug-likeness (QED) is 0.292. The second kappa shape index (κ2) is 13.3. The lowest BCUT2D eigenvalue weighted by Gasteiger charge is -2.38. The van der Waals surface area contributed by atoms with Gasteiger partial charge in [-0.05, 0) is 62.0 Å². The first kappa shape index (κ1) is 30.7. The van der Waals surface area contributed by atoms with Crippen LogP contribution in [-0.4, -0.2) is 72.5 Å². The fraction of sp³-hybridized carbons (Fsp3) is 0.355. The largest absolute Gasteiger partial charge is 0.488 e. The van der Waals surface area contributed by atoms with Crippen molar-refractivity contribution in [2.45, 2.75) is 32.5 Å². The number of rotatable bonds is 8. The molecular formula is C31H34Cl2N4O6. The molecular weight excluding hydrogens is 595 g/mol. The number of urea groups is 1. The first-order valence-corrected chi connectivity index (χ1v) is 14.7. The van der Waals surface area contributed by atoms with Crippen molar-refractivity contribution in [3.05, 3.63) is 75.8 Å². The van der Waals surface area contributed by atoms with Crippen molar-refractivity contribution in [3.63, 3.8) is 0 Å². The molecule has 3 N–H and O–H groups in total. The summed E-state index contributed by atoms with van der Waals surface area (Å²) in [6, 6.07) is 14.7. The van der Waals surface area contributed by atoms with E-state index >= 15 is 0 Å². The molecule has 12 heteroatoms. The van der Waals surface area contributed by atoms with Crippen LogP contribution in [0.3, 0.4) is 0 Å². The molecule has 0 bridgehead atoms. The number of anilines is 2. The number of halogens is 2. The minimum Gasteiger partial charge on any atom is -0.488 e. The van der Waals surface area contributed by atoms with Crippen LogP contribution in [0, 0.1) is 5.92 Å². The highest BCUT2D eigenvalue weighted by Crippen LogP contribution is 2.35. The van der Waals surface area contributed by atoms with Gasteiger partial charge in [0.2, 0.25) is 6.79 Å². The highest BCUT2D eigenvalue weighted by atomic mass is 35.5. The molecule has 0 aromatic heterocycles. The van der Waals surface area contributed by atoms with Crippen LogP contribution in [0.1, 0.15) is 29.8 Å². The predicted octanol–water partition coefficient (Wildman–Crippen LogP) is 5.72. The molecule has 10 nitrogen and oxygen atoms in total. The summed E-state index contributed by atoms with van der Waals surface area (Å²) in [4.78, 5) is 30.3. The van der Waals surface area contributed by atoms with Gasteiger partial charge in [-0.3, -0.25) is 9.69 Å². The van der Waals surface area contributed by atoms with Crippen LogP contribution in [0.2, 0.25) is 10.0 Å². The topological polar surface area (TPSA) is 113 Å². The summed E-state index contributed by atoms with van der Waals surface area (Å²) in [5.74, 6) is 1.23. The molecule has 3 atom stereocenters. The lowest BCUT2D eigenvalue weighted by Crippen LogP contribution is -2.49. The molecule has 5 rings (SSSR count). The monoisotopic (exact) mass is 628 g/mol. The summed E-state index contributed by atoms with van der Waals surface area (Å²) in [5.41, 5.74) is 2.24. The van der Waals surface area contributed by atoms with Gasteiger partial charge in [-0.1, -0.05) is 36.2 Å². The Hall–Kier alpha value is -3.70. The standard InChI is InChI=1S/C31H34Cl2N4O6/c1-18-13-37(19(2)16-38)30(39)23-11-21(34-31(40)35-22-6-9-27-28(12-22)42-17-41-27)5-8-26(23)43-29(18)15-36(3)14-20-4-7-24(32)25(33)10-20/h4-12,18-19,29,38H,13-17H2,1-3H3,(H2,34,35,40)/t18-,19-,29+/m1/s1. The van der Waals surface area contributed by atoms with Gasteiger partial charge in [0, 0.05) is 43.0 Å². The van der Waals surface area contributed by atoms with Crippen molar-refractivity contribution in [3.8, 4) is 17.2 Å². The maximum Gasteiger partial charge on any atom is 0.323 e. The van der Waals surface area contributed by atoms with Gasteiger partial charge in [-0.15, -0.1) is 0 Å². The average Bonchev–Trinajstić information content (AvgIpc) is 3.44. The smallest absolute Gasteiger partial charge is 0.323 e. The van der Waals surface area contributed by atoms with E-state index in [0.29, 0.717) is 63.9 Å². The molecule has 0 aliphatic carbocycles. The number of hydrogen-bond acceptors (Lipinski definition) is 7. The van der Waals surface area contributed by atoms with E-state index in [0.717, 1.165) is 5.56 Å². The first-order chi connectivity index (χ1) is 20.6. The molecule has 3 aromatic carbocycles. The van der Waals surface area contributed by atoms with Crippen molar-refractivity contribution < 1.29 is 28.9 Å². The number of aliphatic hydroxyl groups is 1. The molecule has 2 aliphatic heterocycles. The van der Waals surface area contributed by atoms with Crippen molar-refractivity contribution >= 4 is 46.5 Å². The van der Waals surface area contributed by atoms with Crippen LogP contribution in [0.5, 0.6) is 17.2 Å². The zero-order valence-corrected chi connectivity index (χ0v) is 25.6. The molecule has 0 saturated carbocycles. The van der Waals surface area contributed by atoms with E-state index in [-0.39, 0.29) is 31.3 Å². The lowest BCUT2D eigenvalue weighted by atomic mass is 9.99. The molecule has 0 spiro atoms. The second-order valence-corrected chi connectivity index (χ2v) is 11.7. The number of benzene rings is 3. The van der Waals surface area contributed by atoms with Gasteiger partial charge in [0.15, 0.2) is 11.5 Å². The first-order valence-electron chi connectivity index (χ1n) is 13.9. The fourth-order valence-electron chi connectivity index (χ4n) is 5.11. The van der Waals surface area contributed by atoms with Crippen LogP contribution in [0.4, 0.5) is 16.2 Å². The van der Waals surface area contributed by atoms with Gasteiger partial charge < -0.3 is 34.9 Å². The van der Waals surface area contributed by atoms with Gasteiger partial charge >= 0.3 is 6.03 Å². The third-order valence-corrected chi connectivity index (χ3v) is 8.22. The Morgan fingerprint density at radius 3 is 2.44 bits per heavy atom. The Morgan fingerprint density at radius 1 is 1.02 bits per heavy atom. The average molecular weight is 630 g/mol. The number of nitrogens with zero attached hydrogens (tertiary/aromatic N) is 2. The molecule has 3 aromatic rings. The summed E-state index contributed by atoms with van der Waals surface area (Å²) >= 11 is 12.3. The maximum atomic E-state index is 13.7. The number of hydrogen-bond donors (Lipinski definition) is 3. The van der Waals surface area contributed by atoms with Gasteiger partial charge in [0.1, 0.15) is 11.9 Å². The molecule has 3 amide bonds. The highest BCUT2D eigenvalue weighted by Gasteiger charge is 2.33. The van der Waals surface area contributed by atoms with Crippen molar-refractivity contribution in [1.29, 1.82) is 0 Å². The van der Waals surface area contributed by atoms with Gasteiger partial charge in [0.25, 0.3) is 5.91 Å². The molecule has 228 valence electrons. The third kappa shape index (κ3) is 7.27. The number of nitrogens with one attached hydrogen (secondary N) is 2. The van der Waals surface area contributed by atoms with Crippen LogP contribution >= 0.6 is 23.2 Å². The van der Waals surface area contributed by atoms with E-state index in [9.17, 15) is 14.7 Å². The Morgan fingerprint density at radius 2 is 1.72 bits per heavy atom. The van der Waals surface area contributed by atoms with Crippen LogP contribution in [0.15, 0.2) is 54.6 Å². The zero-order valence-electron chi connectivity index (χ0n) is 24.1. The van der Waals surface area contributed by atoms with Crippen molar-refractivity contribution in [2.24, 2.45) is 5.92 Å². The molecule has 43 heavy (non-hydrogen) atoms. The predicted molar refractivity (Wildman–Crippen MR) is 166 cm³/mol. The third-order valence-electron chi connectivity index (χ3n) is 7.48. The van der Waals surface area contributed by atoms with Gasteiger partial charge in [-0.25, -0.2) is 4.79 Å². The minimum absolute atomic E-state index is 0.0485. The lowest BCUT2D eigenvalue weighted by molar-refractivity contribution is 0.0341. The Balaban J connectivity index is 1.34. The fourth-order valence-corrected chi connectivity index (χ4v) is 5.43. The van der Waals surface area contributed by atoms with E-state index in [1.807, 2.05) is 26.1 Å². The molecule has 0 radical (unpaired) electrons. The van der Waals surface area contributed by atoms with Crippen LogP contribution in [0.25, 0.3) is 0 Å². The molecule has 0 fully saturated rings. The van der Waals surface area contributed by atoms with Crippen LogP contribution < -0.4 is 24.8 Å². The normalized spacial score (nSPS) is 18.4. The molecule has 2 aliphatic rings. The van der Waals surface area contributed by atoms with Gasteiger partial charge in [0.05, 0.1) is 28.3 Å². The van der Waals surface area contributed by atoms with Crippen LogP contribution in [-0.2, 0) is 6.54 Å². The minimum atomic E-state index is -0.492. The van der Waals surface area contributed by atoms with Crippen molar-refractivity contribution in [2.75, 3.05) is 44.2 Å². The Bertz CT molecular complexity index is 1510. The summed E-state index contributed by atoms with van der Waals surface area (Å²) < 4.78 is 17.2. The van der Waals surface area contributed by atoms with Gasteiger partial charge in [-0.2, -0.15) is 0 Å². The molecule has 0 saturated heterocycles. The number of carbonyl (C=O) groups excluding carboxylic acids is 2.